The molecule has 0 bridgehead atoms. The summed E-state index contributed by atoms with van der Waals surface area (Å²) in [5, 5.41) is 14.4. The topological polar surface area (TPSA) is 114 Å². The van der Waals surface area contributed by atoms with Crippen molar-refractivity contribution in [3.63, 3.8) is 0 Å². The molecular weight excluding hydrogens is 424 g/mol. The van der Waals surface area contributed by atoms with Gasteiger partial charge in [0.2, 0.25) is 0 Å². The molecule has 0 fully saturated rings. The Morgan fingerprint density at radius 3 is 2.09 bits per heavy atom. The smallest absolute Gasteiger partial charge is 0.407 e. The molecular formula is C25H30N2O6. The molecule has 176 valence electrons. The van der Waals surface area contributed by atoms with E-state index in [9.17, 15) is 19.5 Å². The van der Waals surface area contributed by atoms with Gasteiger partial charge in [-0.1, -0.05) is 48.5 Å². The number of alkyl carbamates (subject to hydrolysis) is 2. The van der Waals surface area contributed by atoms with Crippen LogP contribution in [-0.4, -0.2) is 48.1 Å². The summed E-state index contributed by atoms with van der Waals surface area (Å²) in [6, 6.07) is 14.8. The molecule has 0 radical (unpaired) electrons. The normalized spacial score (nSPS) is 13.4. The van der Waals surface area contributed by atoms with Gasteiger partial charge in [-0.3, -0.25) is 0 Å². The Hall–Kier alpha value is -3.55. The molecule has 3 N–H and O–H groups in total. The van der Waals surface area contributed by atoms with Gasteiger partial charge in [0.05, 0.1) is 0 Å². The van der Waals surface area contributed by atoms with Crippen LogP contribution >= 0.6 is 0 Å². The first-order chi connectivity index (χ1) is 15.7. The first kappa shape index (κ1) is 24.1. The molecule has 8 heteroatoms. The first-order valence-electron chi connectivity index (χ1n) is 11.0. The standard InChI is InChI=1S/C25H30N2O6/c1-25(2,3)33-23(30)26-14-8-13-21(22(28)29)27-24(31)32-15-20-18-11-6-4-9-16(18)17-10-5-7-12-19(17)20/h4-7,9-12,20-21H,8,13-15H2,1-3H3,(H,26,30)(H,27,31)(H,28,29). The number of ether oxygens (including phenoxy) is 2. The van der Waals surface area contributed by atoms with Gasteiger partial charge in [0.1, 0.15) is 18.2 Å². The van der Waals surface area contributed by atoms with Crippen molar-refractivity contribution >= 4 is 18.2 Å². The summed E-state index contributed by atoms with van der Waals surface area (Å²) in [6.07, 6.45) is -0.877. The van der Waals surface area contributed by atoms with E-state index in [1.54, 1.807) is 20.8 Å². The molecule has 0 aliphatic heterocycles. The van der Waals surface area contributed by atoms with Crippen molar-refractivity contribution in [3.05, 3.63) is 59.7 Å². The average Bonchev–Trinajstić information content (AvgIpc) is 3.07. The Morgan fingerprint density at radius 2 is 1.55 bits per heavy atom. The van der Waals surface area contributed by atoms with Crippen LogP contribution in [0.5, 0.6) is 0 Å². The summed E-state index contributed by atoms with van der Waals surface area (Å²) in [6.45, 7) is 5.60. The Balaban J connectivity index is 1.50. The minimum atomic E-state index is -1.17. The van der Waals surface area contributed by atoms with E-state index in [-0.39, 0.29) is 25.5 Å². The van der Waals surface area contributed by atoms with Gasteiger partial charge in [-0.05, 0) is 55.9 Å². The van der Waals surface area contributed by atoms with Crippen LogP contribution in [0.1, 0.15) is 50.7 Å². The highest BCUT2D eigenvalue weighted by molar-refractivity contribution is 5.81. The average molecular weight is 455 g/mol. The van der Waals surface area contributed by atoms with Crippen molar-refractivity contribution in [1.29, 1.82) is 0 Å². The molecule has 8 nitrogen and oxygen atoms in total. The van der Waals surface area contributed by atoms with E-state index in [0.717, 1.165) is 22.3 Å². The number of carbonyl (C=O) groups is 3. The van der Waals surface area contributed by atoms with Gasteiger partial charge in [-0.25, -0.2) is 14.4 Å². The van der Waals surface area contributed by atoms with Gasteiger partial charge < -0.3 is 25.2 Å². The predicted molar refractivity (Wildman–Crippen MR) is 123 cm³/mol. The van der Waals surface area contributed by atoms with Crippen LogP contribution in [0.3, 0.4) is 0 Å². The third-order valence-electron chi connectivity index (χ3n) is 5.27. The fourth-order valence-electron chi connectivity index (χ4n) is 3.85. The zero-order chi connectivity index (χ0) is 24.0. The Kier molecular flexibility index (Phi) is 7.58. The highest BCUT2D eigenvalue weighted by Gasteiger charge is 2.29. The van der Waals surface area contributed by atoms with E-state index in [4.69, 9.17) is 9.47 Å². The number of carboxylic acids is 1. The van der Waals surface area contributed by atoms with Crippen molar-refractivity contribution in [2.24, 2.45) is 0 Å². The van der Waals surface area contributed by atoms with E-state index >= 15 is 0 Å². The number of benzene rings is 2. The second kappa shape index (κ2) is 10.4. The fourth-order valence-corrected chi connectivity index (χ4v) is 3.85. The van der Waals surface area contributed by atoms with Gasteiger partial charge in [0, 0.05) is 12.5 Å². The monoisotopic (exact) mass is 454 g/mol. The SMILES string of the molecule is CC(C)(C)OC(=O)NCCCC(NC(=O)OCC1c2ccccc2-c2ccccc21)C(=O)O. The lowest BCUT2D eigenvalue weighted by Gasteiger charge is -2.20. The summed E-state index contributed by atoms with van der Waals surface area (Å²) >= 11 is 0. The molecule has 33 heavy (non-hydrogen) atoms. The van der Waals surface area contributed by atoms with Crippen LogP contribution in [0.4, 0.5) is 9.59 Å². The molecule has 0 saturated heterocycles. The summed E-state index contributed by atoms with van der Waals surface area (Å²) in [7, 11) is 0. The number of hydrogen-bond donors (Lipinski definition) is 3. The van der Waals surface area contributed by atoms with E-state index in [0.29, 0.717) is 6.42 Å². The van der Waals surface area contributed by atoms with Gasteiger partial charge in [0.15, 0.2) is 0 Å². The summed E-state index contributed by atoms with van der Waals surface area (Å²) in [5.41, 5.74) is 3.77. The molecule has 1 aliphatic rings. The number of carbonyl (C=O) groups excluding carboxylic acids is 2. The molecule has 2 aromatic rings. The van der Waals surface area contributed by atoms with E-state index in [1.165, 1.54) is 0 Å². The molecule has 1 aliphatic carbocycles. The number of fused-ring (bicyclic) bond motifs is 3. The molecule has 1 unspecified atom stereocenters. The van der Waals surface area contributed by atoms with Gasteiger partial charge >= 0.3 is 18.2 Å². The zero-order valence-electron chi connectivity index (χ0n) is 19.1. The second-order valence-electron chi connectivity index (χ2n) is 8.93. The van der Waals surface area contributed by atoms with Crippen LogP contribution in [0.2, 0.25) is 0 Å². The highest BCUT2D eigenvalue weighted by atomic mass is 16.6. The van der Waals surface area contributed by atoms with Crippen molar-refractivity contribution in [2.45, 2.75) is 51.2 Å². The van der Waals surface area contributed by atoms with Gasteiger partial charge in [0.25, 0.3) is 0 Å². The molecule has 2 aromatic carbocycles. The summed E-state index contributed by atoms with van der Waals surface area (Å²) in [5.74, 6) is -1.27. The number of carboxylic acid groups (broad SMARTS) is 1. The lowest BCUT2D eigenvalue weighted by atomic mass is 9.98. The number of amides is 2. The lowest BCUT2D eigenvalue weighted by molar-refractivity contribution is -0.139. The molecule has 1 atom stereocenters. The predicted octanol–water partition coefficient (Wildman–Crippen LogP) is 4.28. The molecule has 0 saturated carbocycles. The largest absolute Gasteiger partial charge is 0.480 e. The highest BCUT2D eigenvalue weighted by Crippen LogP contribution is 2.44. The number of nitrogens with one attached hydrogen (secondary N) is 2. The van der Waals surface area contributed by atoms with Crippen LogP contribution < -0.4 is 10.6 Å². The zero-order valence-corrected chi connectivity index (χ0v) is 19.1. The summed E-state index contributed by atoms with van der Waals surface area (Å²) in [4.78, 5) is 35.6. The van der Waals surface area contributed by atoms with Crippen molar-refractivity contribution in [3.8, 4) is 11.1 Å². The van der Waals surface area contributed by atoms with Gasteiger partial charge in [-0.15, -0.1) is 0 Å². The molecule has 0 heterocycles. The maximum atomic E-state index is 12.3. The fraction of sp³-hybridized carbons (Fsp3) is 0.400. The third-order valence-corrected chi connectivity index (χ3v) is 5.27. The quantitative estimate of drug-likeness (QED) is 0.513. The minimum absolute atomic E-state index is 0.104. The maximum absolute atomic E-state index is 12.3. The van der Waals surface area contributed by atoms with Crippen LogP contribution in [-0.2, 0) is 14.3 Å². The molecule has 0 aromatic heterocycles. The Labute approximate surface area is 193 Å². The lowest BCUT2D eigenvalue weighted by Crippen LogP contribution is -2.42. The van der Waals surface area contributed by atoms with Crippen molar-refractivity contribution in [2.75, 3.05) is 13.2 Å². The first-order valence-corrected chi connectivity index (χ1v) is 11.0. The minimum Gasteiger partial charge on any atom is -0.480 e. The summed E-state index contributed by atoms with van der Waals surface area (Å²) < 4.78 is 10.5. The van der Waals surface area contributed by atoms with Crippen molar-refractivity contribution < 1.29 is 29.0 Å². The Morgan fingerprint density at radius 1 is 0.970 bits per heavy atom. The number of rotatable bonds is 8. The second-order valence-corrected chi connectivity index (χ2v) is 8.93. The van der Waals surface area contributed by atoms with Crippen LogP contribution in [0.15, 0.2) is 48.5 Å². The van der Waals surface area contributed by atoms with Crippen molar-refractivity contribution in [1.82, 2.24) is 10.6 Å². The third kappa shape index (κ3) is 6.47. The van der Waals surface area contributed by atoms with E-state index in [1.807, 2.05) is 48.5 Å². The number of hydrogen-bond acceptors (Lipinski definition) is 5. The van der Waals surface area contributed by atoms with E-state index in [2.05, 4.69) is 10.6 Å². The molecule has 0 spiro atoms. The number of aliphatic carboxylic acids is 1. The molecule has 3 rings (SSSR count). The van der Waals surface area contributed by atoms with Crippen LogP contribution in [0, 0.1) is 0 Å². The Bertz CT molecular complexity index is 968. The van der Waals surface area contributed by atoms with Crippen LogP contribution in [0.25, 0.3) is 11.1 Å². The maximum Gasteiger partial charge on any atom is 0.407 e. The van der Waals surface area contributed by atoms with Gasteiger partial charge in [-0.2, -0.15) is 0 Å². The molecule has 2 amide bonds. The van der Waals surface area contributed by atoms with E-state index < -0.39 is 29.8 Å².